The molecular formula is C3H7Cl2Ni. The van der Waals surface area contributed by atoms with Gasteiger partial charge in [-0.15, -0.1) is 0 Å². The molecule has 0 atom stereocenters. The molecule has 0 rings (SSSR count). The van der Waals surface area contributed by atoms with E-state index < -0.39 is 0 Å². The van der Waals surface area contributed by atoms with Gasteiger partial charge in [0, 0.05) is 0 Å². The van der Waals surface area contributed by atoms with Crippen molar-refractivity contribution >= 4 is 20.4 Å². The third-order valence-electron chi connectivity index (χ3n) is 0. The Morgan fingerprint density at radius 1 is 1.67 bits per heavy atom. The van der Waals surface area contributed by atoms with Crippen molar-refractivity contribution in [3.8, 4) is 0 Å². The molecule has 0 saturated carbocycles. The van der Waals surface area contributed by atoms with Crippen molar-refractivity contribution in [2.24, 2.45) is 0 Å². The first kappa shape index (κ1) is 10.1. The van der Waals surface area contributed by atoms with E-state index in [1.165, 1.54) is 0 Å². The standard InChI is InChI=1S/C3H7.2ClH.Ni/c1-3-2;;;/h1,3H2,2H3;2*1H;/q-1;;;+3/p-2. The SMILES string of the molecule is [CH2-]CC.[Cl][Ni+][Cl]. The van der Waals surface area contributed by atoms with Crippen molar-refractivity contribution in [3.63, 3.8) is 0 Å². The first-order valence-electron chi connectivity index (χ1n) is 1.45. The van der Waals surface area contributed by atoms with Crippen LogP contribution in [0.15, 0.2) is 0 Å². The summed E-state index contributed by atoms with van der Waals surface area (Å²) in [6.07, 6.45) is 1.00. The van der Waals surface area contributed by atoms with Crippen LogP contribution in [0.25, 0.3) is 0 Å². The van der Waals surface area contributed by atoms with E-state index in [4.69, 9.17) is 20.4 Å². The first-order chi connectivity index (χ1) is 2.83. The molecule has 0 heterocycles. The quantitative estimate of drug-likeness (QED) is 0.389. The Bertz CT molecular complexity index is 10.8. The molecular weight excluding hydrogens is 166 g/mol. The molecule has 0 fully saturated rings. The molecule has 43 valence electrons. The monoisotopic (exact) mass is 171 g/mol. The minimum atomic E-state index is 0.569. The molecule has 0 nitrogen and oxygen atoms in total. The van der Waals surface area contributed by atoms with Gasteiger partial charge in [-0.25, -0.2) is 0 Å². The third-order valence-corrected chi connectivity index (χ3v) is 0. The normalized spacial score (nSPS) is 6.67. The van der Waals surface area contributed by atoms with Gasteiger partial charge < -0.3 is 6.92 Å². The summed E-state index contributed by atoms with van der Waals surface area (Å²) in [4.78, 5) is 0. The fourth-order valence-corrected chi connectivity index (χ4v) is 0. The van der Waals surface area contributed by atoms with Crippen LogP contribution in [0.1, 0.15) is 13.3 Å². The van der Waals surface area contributed by atoms with E-state index in [1.807, 2.05) is 6.92 Å². The predicted octanol–water partition coefficient (Wildman–Crippen LogP) is 2.61. The molecule has 0 aliphatic heterocycles. The van der Waals surface area contributed by atoms with Crippen LogP contribution in [0.2, 0.25) is 0 Å². The van der Waals surface area contributed by atoms with E-state index in [-0.39, 0.29) is 0 Å². The van der Waals surface area contributed by atoms with Crippen molar-refractivity contribution in [1.82, 2.24) is 0 Å². The Morgan fingerprint density at radius 2 is 1.67 bits per heavy atom. The van der Waals surface area contributed by atoms with Gasteiger partial charge in [0.25, 0.3) is 0 Å². The van der Waals surface area contributed by atoms with Gasteiger partial charge >= 0.3 is 33.0 Å². The average Bonchev–Trinajstić information content (AvgIpc) is 1.39. The van der Waals surface area contributed by atoms with Crippen molar-refractivity contribution in [3.05, 3.63) is 6.92 Å². The van der Waals surface area contributed by atoms with Crippen molar-refractivity contribution in [2.45, 2.75) is 13.3 Å². The summed E-state index contributed by atoms with van der Waals surface area (Å²) < 4.78 is 0. The Kier molecular flexibility index (Phi) is 28.0. The van der Waals surface area contributed by atoms with Gasteiger partial charge in [-0.1, -0.05) is 6.92 Å². The van der Waals surface area contributed by atoms with Gasteiger partial charge in [0.05, 0.1) is 0 Å². The van der Waals surface area contributed by atoms with Crippen LogP contribution in [-0.4, -0.2) is 0 Å². The summed E-state index contributed by atoms with van der Waals surface area (Å²) >= 11 is 0.569. The summed E-state index contributed by atoms with van der Waals surface area (Å²) in [7, 11) is 9.40. The maximum atomic E-state index is 4.70. The molecule has 0 saturated heterocycles. The molecule has 0 aliphatic rings. The molecule has 3 heteroatoms. The van der Waals surface area contributed by atoms with Gasteiger partial charge in [-0.3, -0.25) is 0 Å². The minimum absolute atomic E-state index is 0.569. The molecule has 0 aromatic rings. The molecule has 0 unspecified atom stereocenters. The summed E-state index contributed by atoms with van der Waals surface area (Å²) in [5, 5.41) is 0. The molecule has 0 aromatic heterocycles. The fraction of sp³-hybridized carbons (Fsp3) is 0.667. The zero-order valence-electron chi connectivity index (χ0n) is 3.49. The van der Waals surface area contributed by atoms with E-state index >= 15 is 0 Å². The average molecular weight is 173 g/mol. The van der Waals surface area contributed by atoms with Gasteiger partial charge in [0.1, 0.15) is 0 Å². The number of halogens is 2. The second-order valence-electron chi connectivity index (χ2n) is 0.545. The van der Waals surface area contributed by atoms with Crippen molar-refractivity contribution < 1.29 is 12.7 Å². The Balaban J connectivity index is 0. The van der Waals surface area contributed by atoms with Crippen molar-refractivity contribution in [1.29, 1.82) is 0 Å². The molecule has 0 N–H and O–H groups in total. The fourth-order valence-electron chi connectivity index (χ4n) is 0. The van der Waals surface area contributed by atoms with Gasteiger partial charge in [-0.2, -0.15) is 6.42 Å². The Hall–Kier alpha value is 1.07. The summed E-state index contributed by atoms with van der Waals surface area (Å²) in [5.41, 5.74) is 0. The Labute approximate surface area is 53.6 Å². The van der Waals surface area contributed by atoms with Crippen LogP contribution in [0.5, 0.6) is 0 Å². The van der Waals surface area contributed by atoms with E-state index in [0.29, 0.717) is 12.7 Å². The summed E-state index contributed by atoms with van der Waals surface area (Å²) in [6, 6.07) is 0. The molecule has 0 aromatic carbocycles. The zero-order valence-corrected chi connectivity index (χ0v) is 5.99. The first-order valence-corrected chi connectivity index (χ1v) is 4.16. The van der Waals surface area contributed by atoms with Crippen LogP contribution in [-0.2, 0) is 12.7 Å². The second-order valence-corrected chi connectivity index (χ2v) is 2.18. The summed E-state index contributed by atoms with van der Waals surface area (Å²) in [6.45, 7) is 5.50. The van der Waals surface area contributed by atoms with Gasteiger partial charge in [0.2, 0.25) is 0 Å². The molecule has 6 heavy (non-hydrogen) atoms. The molecule has 0 spiro atoms. The molecule has 0 radical (unpaired) electrons. The molecule has 0 aliphatic carbocycles. The number of rotatable bonds is 0. The van der Waals surface area contributed by atoms with Crippen LogP contribution in [0.4, 0.5) is 0 Å². The zero-order chi connectivity index (χ0) is 5.41. The predicted molar refractivity (Wildman–Crippen MR) is 27.4 cm³/mol. The number of hydrogen-bond acceptors (Lipinski definition) is 0. The third kappa shape index (κ3) is 73.1. The second kappa shape index (κ2) is 16.5. The number of hydrogen-bond donors (Lipinski definition) is 0. The van der Waals surface area contributed by atoms with Crippen LogP contribution in [0.3, 0.4) is 0 Å². The van der Waals surface area contributed by atoms with E-state index in [9.17, 15) is 0 Å². The summed E-state index contributed by atoms with van der Waals surface area (Å²) in [5.74, 6) is 0. The molecule has 0 bridgehead atoms. The van der Waals surface area contributed by atoms with E-state index in [2.05, 4.69) is 6.92 Å². The van der Waals surface area contributed by atoms with Gasteiger partial charge in [0.15, 0.2) is 0 Å². The van der Waals surface area contributed by atoms with E-state index in [0.717, 1.165) is 6.42 Å². The topological polar surface area (TPSA) is 0 Å². The van der Waals surface area contributed by atoms with E-state index in [1.54, 1.807) is 0 Å². The maximum absolute atomic E-state index is 4.70. The van der Waals surface area contributed by atoms with Crippen LogP contribution < -0.4 is 0 Å². The van der Waals surface area contributed by atoms with Gasteiger partial charge in [-0.05, 0) is 0 Å². The van der Waals surface area contributed by atoms with Crippen molar-refractivity contribution in [2.75, 3.05) is 0 Å². The Morgan fingerprint density at radius 3 is 1.67 bits per heavy atom. The van der Waals surface area contributed by atoms with Crippen LogP contribution >= 0.6 is 20.4 Å². The molecule has 0 amide bonds. The van der Waals surface area contributed by atoms with Crippen LogP contribution in [0, 0.1) is 6.92 Å².